The van der Waals surface area contributed by atoms with Gasteiger partial charge in [0.15, 0.2) is 9.84 Å². The zero-order valence-corrected chi connectivity index (χ0v) is 46.3. The first-order chi connectivity index (χ1) is 36.2. The van der Waals surface area contributed by atoms with Gasteiger partial charge in [-0.1, -0.05) is 45.9 Å². The van der Waals surface area contributed by atoms with Crippen LogP contribution in [0.2, 0.25) is 0 Å². The minimum atomic E-state index is -4.66. The number of alkyl halides is 3. The van der Waals surface area contributed by atoms with Crippen LogP contribution in [0.3, 0.4) is 0 Å². The van der Waals surface area contributed by atoms with E-state index in [0.29, 0.717) is 88.9 Å². The van der Waals surface area contributed by atoms with Crippen molar-refractivity contribution in [2.24, 2.45) is 23.2 Å². The maximum Gasteiger partial charge on any atom is 0.406 e. The summed E-state index contributed by atoms with van der Waals surface area (Å²) in [5.41, 5.74) is 6.47. The summed E-state index contributed by atoms with van der Waals surface area (Å²) in [5, 5.41) is 17.3. The Kier molecular flexibility index (Phi) is 16.9. The van der Waals surface area contributed by atoms with E-state index in [-0.39, 0.29) is 43.6 Å². The molecule has 17 nitrogen and oxygen atoms in total. The van der Waals surface area contributed by atoms with E-state index in [1.165, 1.54) is 40.8 Å². The fourth-order valence-electron chi connectivity index (χ4n) is 11.2. The maximum atomic E-state index is 15.1. The molecular formula is C56H73F3N8O9S. The predicted molar refractivity (Wildman–Crippen MR) is 287 cm³/mol. The molecule has 2 aromatic carbocycles. The number of fused-ring (bicyclic) bond motifs is 6. The van der Waals surface area contributed by atoms with E-state index in [1.54, 1.807) is 57.3 Å². The Morgan fingerprint density at radius 1 is 1.04 bits per heavy atom. The summed E-state index contributed by atoms with van der Waals surface area (Å²) in [4.78, 5) is 68.0. The van der Waals surface area contributed by atoms with E-state index in [0.717, 1.165) is 30.4 Å². The summed E-state index contributed by atoms with van der Waals surface area (Å²) >= 11 is 0. The zero-order valence-electron chi connectivity index (χ0n) is 45.4. The first-order valence-corrected chi connectivity index (χ1v) is 28.4. The molecule has 0 unspecified atom stereocenters. The largest absolute Gasteiger partial charge is 0.508 e. The summed E-state index contributed by atoms with van der Waals surface area (Å²) in [5.74, 6) is -3.24. The quantitative estimate of drug-likeness (QED) is 0.125. The number of amides is 3. The number of nitrogens with one attached hydrogen (secondary N) is 2. The number of pyridine rings is 1. The molecule has 3 amide bonds. The predicted octanol–water partition coefficient (Wildman–Crippen LogP) is 6.81. The lowest BCUT2D eigenvalue weighted by Crippen LogP contribution is -2.62. The van der Waals surface area contributed by atoms with E-state index in [2.05, 4.69) is 20.5 Å². The van der Waals surface area contributed by atoms with Crippen molar-refractivity contribution in [1.82, 2.24) is 35.1 Å². The fraction of sp³-hybridized carbons (Fsp3) is 0.554. The van der Waals surface area contributed by atoms with Crippen LogP contribution in [0.15, 0.2) is 60.1 Å². The van der Waals surface area contributed by atoms with Crippen LogP contribution in [0.1, 0.15) is 83.2 Å². The van der Waals surface area contributed by atoms with Gasteiger partial charge in [-0.15, -0.1) is 0 Å². The number of allylic oxidation sites excluding steroid dienone is 1. The number of halogens is 3. The van der Waals surface area contributed by atoms with E-state index < -0.39 is 81.8 Å². The molecule has 0 spiro atoms. The average molecular weight is 1090 g/mol. The summed E-state index contributed by atoms with van der Waals surface area (Å²) in [7, 11) is 1.76. The van der Waals surface area contributed by atoms with Gasteiger partial charge in [0.05, 0.1) is 36.0 Å². The van der Waals surface area contributed by atoms with Gasteiger partial charge in [-0.05, 0) is 110 Å². The summed E-state index contributed by atoms with van der Waals surface area (Å²) < 4.78 is 81.9. The molecule has 77 heavy (non-hydrogen) atoms. The highest BCUT2D eigenvalue weighted by Gasteiger charge is 2.42. The molecule has 0 radical (unpaired) electrons. The highest BCUT2D eigenvalue weighted by atomic mass is 32.2. The summed E-state index contributed by atoms with van der Waals surface area (Å²) in [6.45, 7) is 10.8. The van der Waals surface area contributed by atoms with Crippen LogP contribution >= 0.6 is 0 Å². The number of hydrazine groups is 1. The number of methoxy groups -OCH3 is 1. The molecule has 2 aromatic heterocycles. The second kappa shape index (κ2) is 22.7. The number of hydrogen-bond donors (Lipinski definition) is 3. The highest BCUT2D eigenvalue weighted by Crippen LogP contribution is 2.45. The van der Waals surface area contributed by atoms with Crippen LogP contribution in [-0.2, 0) is 57.9 Å². The van der Waals surface area contributed by atoms with Crippen molar-refractivity contribution in [3.63, 3.8) is 0 Å². The number of phenolic OH excluding ortho intramolecular Hbond substituents is 1. The number of piperazine rings is 1. The molecular weight excluding hydrogens is 1020 g/mol. The first-order valence-electron chi connectivity index (χ1n) is 26.4. The molecule has 5 heterocycles. The monoisotopic (exact) mass is 1090 g/mol. The Morgan fingerprint density at radius 2 is 1.75 bits per heavy atom. The Balaban J connectivity index is 1.23. The van der Waals surface area contributed by atoms with Gasteiger partial charge in [0.1, 0.15) is 30.4 Å². The van der Waals surface area contributed by atoms with Crippen LogP contribution in [0.4, 0.5) is 18.9 Å². The Bertz CT molecular complexity index is 3020. The number of aromatic nitrogens is 2. The number of aromatic hydroxyl groups is 1. The molecule has 3 fully saturated rings. The van der Waals surface area contributed by atoms with Crippen LogP contribution < -0.4 is 15.6 Å². The number of sulfone groups is 1. The van der Waals surface area contributed by atoms with Gasteiger partial charge in [0.2, 0.25) is 11.8 Å². The molecule has 1 aliphatic carbocycles. The third-order valence-corrected chi connectivity index (χ3v) is 16.1. The number of carbonyl (C=O) groups excluding carboxylic acids is 4. The molecule has 1 saturated carbocycles. The Hall–Kier alpha value is -6.03. The number of ether oxygens (including phenoxy) is 2. The molecule has 418 valence electrons. The van der Waals surface area contributed by atoms with Crippen molar-refractivity contribution in [3.8, 4) is 28.1 Å². The molecule has 4 atom stereocenters. The number of anilines is 1. The number of likely N-dealkylation sites (N-methyl/N-ethyl adjacent to an activating group) is 2. The van der Waals surface area contributed by atoms with Crippen molar-refractivity contribution in [2.75, 3.05) is 71.7 Å². The Morgan fingerprint density at radius 3 is 2.42 bits per heavy atom. The number of cyclic esters (lactones) is 1. The summed E-state index contributed by atoms with van der Waals surface area (Å²) in [6, 6.07) is 8.54. The topological polar surface area (TPSA) is 196 Å². The molecule has 21 heteroatoms. The third-order valence-electron chi connectivity index (χ3n) is 15.4. The van der Waals surface area contributed by atoms with Crippen molar-refractivity contribution >= 4 is 50.1 Å². The second-order valence-electron chi connectivity index (χ2n) is 22.7. The van der Waals surface area contributed by atoms with Crippen molar-refractivity contribution < 1.29 is 55.3 Å². The van der Waals surface area contributed by atoms with Crippen molar-refractivity contribution in [1.29, 1.82) is 0 Å². The van der Waals surface area contributed by atoms with Gasteiger partial charge in [0, 0.05) is 92.8 Å². The molecule has 8 rings (SSSR count). The second-order valence-corrected chi connectivity index (χ2v) is 24.6. The number of phenols is 1. The molecule has 6 bridgehead atoms. The minimum absolute atomic E-state index is 0.109. The van der Waals surface area contributed by atoms with Crippen molar-refractivity contribution in [2.45, 2.75) is 110 Å². The lowest BCUT2D eigenvalue weighted by Gasteiger charge is -2.39. The van der Waals surface area contributed by atoms with Gasteiger partial charge in [-0.2, -0.15) is 13.2 Å². The Labute approximate surface area is 449 Å². The fourth-order valence-corrected chi connectivity index (χ4v) is 11.7. The summed E-state index contributed by atoms with van der Waals surface area (Å²) in [6.07, 6.45) is 0.695. The van der Waals surface area contributed by atoms with Gasteiger partial charge in [-0.3, -0.25) is 29.2 Å². The van der Waals surface area contributed by atoms with Crippen LogP contribution in [-0.4, -0.2) is 153 Å². The number of carbonyl (C=O) groups is 4. The van der Waals surface area contributed by atoms with E-state index in [1.807, 2.05) is 27.0 Å². The standard InChI is InChI=1S/C56H73F3N8O9S/c1-33(2)49(64(7)52(70)39-21-35(22-39)14-20-77(9,73)74)51(69)61-46-25-36-23-38(26-41(68)24-36)37-12-13-47-42(27-37)44(29-55(4,5)32-76-54(72)45-11-10-15-67(62-45)53(46)71)50(66(47)31-56(57,58)59)43-28-40(30-60-48(43)34(3)75-8)65-18-16-63(6)17-19-65/h12-14,20,23-24,26-28,30,33-35,39,45-46,49,62,68H,10-11,15-19,21-22,25,29,31-32H2,1-9H3,(H,61,69)/b20-14+/t34-,35?,39?,45-,46-,49-/m0/s1. The smallest absolute Gasteiger partial charge is 0.406 e. The van der Waals surface area contributed by atoms with Gasteiger partial charge >= 0.3 is 12.1 Å². The lowest BCUT2D eigenvalue weighted by molar-refractivity contribution is -0.155. The number of esters is 1. The van der Waals surface area contributed by atoms with E-state index in [9.17, 15) is 32.7 Å². The molecule has 4 aromatic rings. The van der Waals surface area contributed by atoms with Crippen LogP contribution in [0.25, 0.3) is 33.3 Å². The zero-order chi connectivity index (χ0) is 55.9. The molecule has 3 aliphatic heterocycles. The highest BCUT2D eigenvalue weighted by molar-refractivity contribution is 7.93. The number of hydrogen-bond acceptors (Lipinski definition) is 13. The van der Waals surface area contributed by atoms with Crippen LogP contribution in [0, 0.1) is 23.2 Å². The van der Waals surface area contributed by atoms with Crippen molar-refractivity contribution in [3.05, 3.63) is 77.0 Å². The average Bonchev–Trinajstić information content (AvgIpc) is 3.62. The van der Waals surface area contributed by atoms with Gasteiger partial charge in [0.25, 0.3) is 5.91 Å². The molecule has 2 saturated heterocycles. The third kappa shape index (κ3) is 13.3. The first kappa shape index (κ1) is 57.2. The van der Waals surface area contributed by atoms with E-state index >= 15 is 13.2 Å². The molecule has 4 aliphatic rings. The van der Waals surface area contributed by atoms with Gasteiger partial charge in [-0.25, -0.2) is 13.8 Å². The number of nitrogens with zero attached hydrogens (tertiary/aromatic N) is 6. The minimum Gasteiger partial charge on any atom is -0.508 e. The SMILES string of the molecule is CO[C@@H](C)c1ncc(N2CCN(C)CC2)cc1-c1c2c3cc(ccc3n1CC(F)(F)F)-c1cc(O)cc(c1)C[C@H](NC(=O)[C@H](C(C)C)N(C)C(=O)C1CC(/C=C/S(C)(=O)=O)C1)C(=O)N1CCC[C@H](N1)C(=O)OCC(C)(C)C2. The maximum absolute atomic E-state index is 15.1. The molecule has 3 N–H and O–H groups in total. The van der Waals surface area contributed by atoms with Crippen LogP contribution in [0.5, 0.6) is 5.75 Å². The number of rotatable bonds is 12. The lowest BCUT2D eigenvalue weighted by atomic mass is 9.74. The number of benzene rings is 2. The normalized spacial score (nSPS) is 22.6. The van der Waals surface area contributed by atoms with Gasteiger partial charge < -0.3 is 39.2 Å². The van der Waals surface area contributed by atoms with E-state index in [4.69, 9.17) is 14.5 Å².